The van der Waals surface area contributed by atoms with Crippen LogP contribution in [0.1, 0.15) is 431 Å². The van der Waals surface area contributed by atoms with E-state index in [-0.39, 0.29) is 54.9 Å². The second-order valence-electron chi connectivity index (χ2n) is 35.7. The molecule has 0 aliphatic heterocycles. The molecule has 18 heteroatoms. The minimum atomic E-state index is -0.0661. The molecular weight excluding hydrogens is 1470 g/mol. The number of unbranched alkanes of at least 4 members (excludes halogenated alkanes) is 36. The molecule has 0 spiro atoms. The van der Waals surface area contributed by atoms with E-state index in [0.717, 1.165) is 39.1 Å². The summed E-state index contributed by atoms with van der Waals surface area (Å²) in [6.45, 7) is 43.4. The highest BCUT2D eigenvalue weighted by Gasteiger charge is 2.20. The van der Waals surface area contributed by atoms with Crippen LogP contribution >= 0.6 is 0 Å². The summed E-state index contributed by atoms with van der Waals surface area (Å²) < 4.78 is 75.0. The van der Waals surface area contributed by atoms with Crippen LogP contribution in [-0.2, 0) is 56.8 Å². The Morgan fingerprint density at radius 3 is 0.521 bits per heavy atom. The van der Waals surface area contributed by atoms with E-state index < -0.39 is 0 Å². The molecule has 0 aromatic carbocycles. The number of nitrogens with one attached hydrogen (secondary N) is 3. The highest BCUT2D eigenvalue weighted by Crippen LogP contribution is 2.25. The van der Waals surface area contributed by atoms with Crippen LogP contribution in [0, 0.1) is 17.8 Å². The van der Waals surface area contributed by atoms with Crippen LogP contribution in [0.3, 0.4) is 0 Å². The van der Waals surface area contributed by atoms with Crippen LogP contribution in [0.2, 0.25) is 0 Å². The summed E-state index contributed by atoms with van der Waals surface area (Å²) in [5.41, 5.74) is 0. The summed E-state index contributed by atoms with van der Waals surface area (Å²) >= 11 is 0. The first-order valence-electron chi connectivity index (χ1n) is 50.4. The number of nitrogens with zero attached hydrogens (tertiary/aromatic N) is 3. The van der Waals surface area contributed by atoms with E-state index in [0.29, 0.717) is 135 Å². The van der Waals surface area contributed by atoms with Crippen molar-refractivity contribution in [3.05, 3.63) is 0 Å². The van der Waals surface area contributed by atoms with Crippen LogP contribution in [-0.4, -0.2) is 189 Å². The standard InChI is InChI=1S/C99H198N6O12/c1-16-22-28-34-40-43-49-55-64-94(61-52-46-37-31-25-19-4)82-115-91(13)79-112-88(10)76-109-85(7)73-106-70-58-67-100-97-103-98(101-68-59-71-107-74-86(8)110-77-89(11)113-80-92(14)116-83-95(62-53-47-38-32-26-20-5)65-56-50-44-41-35-29-23-17-2)105-99(104-97)102-69-60-72-108-75-87(9)111-78-90(12)114-81-93(15)117-84-96(63-54-48-39-33-27-21-6)66-57-51-45-42-36-30-24-18-3/h85-96H,16-84H2,1-15H3,(H3,100,101,102,103,104,105). The number of hydrogen-bond donors (Lipinski definition) is 3. The molecule has 0 fully saturated rings. The molecule has 0 saturated carbocycles. The second kappa shape index (κ2) is 86.1. The normalized spacial score (nSPS) is 15.1. The number of anilines is 3. The quantitative estimate of drug-likeness (QED) is 0.0523. The molecule has 3 N–H and O–H groups in total. The van der Waals surface area contributed by atoms with Crippen LogP contribution < -0.4 is 16.0 Å². The molecule has 0 radical (unpaired) electrons. The molecule has 1 heterocycles. The van der Waals surface area contributed by atoms with Crippen molar-refractivity contribution < 1.29 is 56.8 Å². The smallest absolute Gasteiger partial charge is 0.229 e. The van der Waals surface area contributed by atoms with Gasteiger partial charge in [-0.1, -0.05) is 311 Å². The lowest BCUT2D eigenvalue weighted by molar-refractivity contribution is -0.0834. The minimum absolute atomic E-state index is 0.0425. The molecule has 117 heavy (non-hydrogen) atoms. The van der Waals surface area contributed by atoms with Gasteiger partial charge in [-0.3, -0.25) is 0 Å². The van der Waals surface area contributed by atoms with E-state index in [1.165, 1.54) is 308 Å². The number of rotatable bonds is 96. The average molecular weight is 1660 g/mol. The molecule has 696 valence electrons. The summed E-state index contributed by atoms with van der Waals surface area (Å²) in [6, 6.07) is 0. The predicted molar refractivity (Wildman–Crippen MR) is 496 cm³/mol. The zero-order chi connectivity index (χ0) is 85.2. The van der Waals surface area contributed by atoms with Gasteiger partial charge in [-0.2, -0.15) is 15.0 Å². The number of aromatic nitrogens is 3. The molecule has 12 atom stereocenters. The molecule has 12 unspecified atom stereocenters. The Hall–Kier alpha value is -2.07. The average Bonchev–Trinajstić information content (AvgIpc) is 0.867. The van der Waals surface area contributed by atoms with Crippen molar-refractivity contribution in [1.82, 2.24) is 15.0 Å². The van der Waals surface area contributed by atoms with Gasteiger partial charge in [-0.05, 0) is 138 Å². The van der Waals surface area contributed by atoms with Crippen molar-refractivity contribution in [2.24, 2.45) is 17.8 Å². The zero-order valence-electron chi connectivity index (χ0n) is 80.0. The van der Waals surface area contributed by atoms with Crippen molar-refractivity contribution in [3.8, 4) is 0 Å². The van der Waals surface area contributed by atoms with E-state index in [1.807, 2.05) is 0 Å². The van der Waals surface area contributed by atoms with Gasteiger partial charge < -0.3 is 72.8 Å². The van der Waals surface area contributed by atoms with E-state index in [2.05, 4.69) is 120 Å². The maximum atomic E-state index is 6.45. The van der Waals surface area contributed by atoms with Crippen LogP contribution in [0.15, 0.2) is 0 Å². The van der Waals surface area contributed by atoms with Gasteiger partial charge in [0.1, 0.15) is 0 Å². The molecule has 18 nitrogen and oxygen atoms in total. The molecule has 1 aromatic heterocycles. The molecule has 0 bridgehead atoms. The van der Waals surface area contributed by atoms with Crippen molar-refractivity contribution in [1.29, 1.82) is 0 Å². The summed E-state index contributed by atoms with van der Waals surface area (Å²) in [4.78, 5) is 14.3. The molecule has 0 amide bonds. The maximum absolute atomic E-state index is 6.45. The SMILES string of the molecule is CCCCCCCCCCC(CCCCCCCC)COC(C)COC(C)COC(C)COCCCNc1nc(NCCCOCC(C)OCC(C)OCC(C)OCC(CCCCCCCC)CCCCCCCCCC)nc(NCCCOCC(C)OCC(C)OCC(C)OCC(CCCCCCCC)CCCCCCCCCC)n1. The van der Waals surface area contributed by atoms with Crippen molar-refractivity contribution in [3.63, 3.8) is 0 Å². The Labute approximate surface area is 724 Å². The third-order valence-corrected chi connectivity index (χ3v) is 22.8. The maximum Gasteiger partial charge on any atom is 0.229 e. The summed E-state index contributed by atoms with van der Waals surface area (Å²) in [6.07, 6.45) is 66.6. The Morgan fingerprint density at radius 1 is 0.188 bits per heavy atom. The van der Waals surface area contributed by atoms with Crippen molar-refractivity contribution in [2.45, 2.75) is 486 Å². The van der Waals surface area contributed by atoms with Gasteiger partial charge in [0.2, 0.25) is 17.8 Å². The Morgan fingerprint density at radius 2 is 0.342 bits per heavy atom. The van der Waals surface area contributed by atoms with E-state index in [1.54, 1.807) is 0 Å². The molecule has 0 saturated heterocycles. The molecule has 1 aromatic rings. The largest absolute Gasteiger partial charge is 0.379 e. The minimum Gasteiger partial charge on any atom is -0.379 e. The van der Waals surface area contributed by atoms with Crippen LogP contribution in [0.4, 0.5) is 17.8 Å². The van der Waals surface area contributed by atoms with Crippen LogP contribution in [0.25, 0.3) is 0 Å². The monoisotopic (exact) mass is 1660 g/mol. The lowest BCUT2D eigenvalue weighted by atomic mass is 9.94. The first-order valence-corrected chi connectivity index (χ1v) is 50.4. The molecule has 0 aliphatic carbocycles. The Bertz CT molecular complexity index is 1910. The molecule has 1 rings (SSSR count). The number of hydrogen-bond acceptors (Lipinski definition) is 18. The lowest BCUT2D eigenvalue weighted by Crippen LogP contribution is -2.27. The fourth-order valence-electron chi connectivity index (χ4n) is 14.9. The van der Waals surface area contributed by atoms with Gasteiger partial charge in [-0.25, -0.2) is 0 Å². The highest BCUT2D eigenvalue weighted by atomic mass is 16.6. The fourth-order valence-corrected chi connectivity index (χ4v) is 14.9. The van der Waals surface area contributed by atoms with Gasteiger partial charge in [0.15, 0.2) is 0 Å². The Kier molecular flexibility index (Phi) is 83.1. The fraction of sp³-hybridized carbons (Fsp3) is 0.970. The molecule has 0 aliphatic rings. The first kappa shape index (κ1) is 113. The first-order chi connectivity index (χ1) is 57.1. The number of ether oxygens (including phenoxy) is 12. The van der Waals surface area contributed by atoms with E-state index >= 15 is 0 Å². The molecular formula is C99H198N6O12. The highest BCUT2D eigenvalue weighted by molar-refractivity contribution is 5.42. The summed E-state index contributed by atoms with van der Waals surface area (Å²) in [5.74, 6) is 3.38. The van der Waals surface area contributed by atoms with Gasteiger partial charge in [-0.15, -0.1) is 0 Å². The summed E-state index contributed by atoms with van der Waals surface area (Å²) in [7, 11) is 0. The topological polar surface area (TPSA) is 186 Å². The van der Waals surface area contributed by atoms with Crippen LogP contribution in [0.5, 0.6) is 0 Å². The van der Waals surface area contributed by atoms with Crippen molar-refractivity contribution in [2.75, 3.05) is 135 Å². The third kappa shape index (κ3) is 77.3. The van der Waals surface area contributed by atoms with Gasteiger partial charge in [0.25, 0.3) is 0 Å². The second-order valence-corrected chi connectivity index (χ2v) is 35.7. The van der Waals surface area contributed by atoms with E-state index in [9.17, 15) is 0 Å². The van der Waals surface area contributed by atoms with Gasteiger partial charge in [0.05, 0.1) is 114 Å². The summed E-state index contributed by atoms with van der Waals surface area (Å²) in [5, 5.41) is 10.3. The third-order valence-electron chi connectivity index (χ3n) is 22.8. The van der Waals surface area contributed by atoms with E-state index in [4.69, 9.17) is 71.8 Å². The van der Waals surface area contributed by atoms with Gasteiger partial charge in [0, 0.05) is 59.3 Å². The predicted octanol–water partition coefficient (Wildman–Crippen LogP) is 26.7. The lowest BCUT2D eigenvalue weighted by Gasteiger charge is -2.22. The zero-order valence-corrected chi connectivity index (χ0v) is 80.0. The van der Waals surface area contributed by atoms with Gasteiger partial charge >= 0.3 is 0 Å². The van der Waals surface area contributed by atoms with Crippen molar-refractivity contribution >= 4 is 17.8 Å². The Balaban J connectivity index is 2.74.